The maximum Gasteiger partial charge on any atom is 0.278 e. The lowest BCUT2D eigenvalue weighted by atomic mass is 10.1. The van der Waals surface area contributed by atoms with Crippen molar-refractivity contribution in [1.82, 2.24) is 9.97 Å². The summed E-state index contributed by atoms with van der Waals surface area (Å²) in [5, 5.41) is 26.6. The van der Waals surface area contributed by atoms with Gasteiger partial charge in [-0.1, -0.05) is 0 Å². The second-order valence-corrected chi connectivity index (χ2v) is 8.57. The zero-order valence-corrected chi connectivity index (χ0v) is 21.8. The molecule has 2 aromatic carbocycles. The van der Waals surface area contributed by atoms with Crippen LogP contribution >= 0.6 is 0 Å². The Morgan fingerprint density at radius 1 is 0.585 bits per heavy atom. The number of nitro benzene ring substituents is 2. The predicted molar refractivity (Wildman–Crippen MR) is 146 cm³/mol. The van der Waals surface area contributed by atoms with E-state index < -0.39 is 9.85 Å². The third-order valence-corrected chi connectivity index (χ3v) is 6.05. The molecule has 2 aromatic heterocycles. The molecular formula is C26H26N6O9. The summed E-state index contributed by atoms with van der Waals surface area (Å²) in [5.41, 5.74) is 0.865. The second kappa shape index (κ2) is 13.2. The van der Waals surface area contributed by atoms with Crippen molar-refractivity contribution >= 4 is 44.6 Å². The van der Waals surface area contributed by atoms with Gasteiger partial charge in [-0.2, -0.15) is 0 Å². The largest absolute Gasteiger partial charge is 0.377 e. The van der Waals surface area contributed by atoms with Gasteiger partial charge in [0.05, 0.1) is 60.3 Å². The van der Waals surface area contributed by atoms with Gasteiger partial charge in [0.1, 0.15) is 35.6 Å². The molecule has 4 aromatic rings. The Hall–Kier alpha value is -4.54. The van der Waals surface area contributed by atoms with Crippen molar-refractivity contribution in [2.45, 2.75) is 0 Å². The van der Waals surface area contributed by atoms with Crippen molar-refractivity contribution < 1.29 is 33.7 Å². The molecule has 1 fully saturated rings. The van der Waals surface area contributed by atoms with Gasteiger partial charge in [-0.3, -0.25) is 30.2 Å². The molecule has 15 heteroatoms. The first-order valence-corrected chi connectivity index (χ1v) is 12.7. The van der Waals surface area contributed by atoms with Gasteiger partial charge in [0.25, 0.3) is 11.4 Å². The van der Waals surface area contributed by atoms with Crippen LogP contribution in [0.25, 0.3) is 21.8 Å². The molecule has 15 nitrogen and oxygen atoms in total. The number of hydrazine groups is 1. The van der Waals surface area contributed by atoms with E-state index in [1.54, 1.807) is 24.3 Å². The first-order chi connectivity index (χ1) is 20.1. The summed E-state index contributed by atoms with van der Waals surface area (Å²) in [6, 6.07) is 12.0. The van der Waals surface area contributed by atoms with Crippen LogP contribution in [0.3, 0.4) is 0 Å². The van der Waals surface area contributed by atoms with E-state index in [1.165, 1.54) is 47.0 Å². The molecule has 0 saturated carbocycles. The van der Waals surface area contributed by atoms with Crippen molar-refractivity contribution in [3.8, 4) is 0 Å². The molecule has 0 atom stereocenters. The Bertz CT molecular complexity index is 1430. The highest BCUT2D eigenvalue weighted by Gasteiger charge is 2.28. The number of nitro groups is 2. The van der Waals surface area contributed by atoms with Gasteiger partial charge >= 0.3 is 0 Å². The van der Waals surface area contributed by atoms with E-state index in [9.17, 15) is 20.2 Å². The third-order valence-electron chi connectivity index (χ3n) is 6.05. The number of hydrogen-bond acceptors (Lipinski definition) is 13. The van der Waals surface area contributed by atoms with E-state index in [0.29, 0.717) is 37.8 Å². The zero-order chi connectivity index (χ0) is 28.6. The minimum Gasteiger partial charge on any atom is -0.377 e. The summed E-state index contributed by atoms with van der Waals surface area (Å²) >= 11 is 0. The lowest BCUT2D eigenvalue weighted by molar-refractivity contribution is -0.383. The molecule has 5 rings (SSSR count). The van der Waals surface area contributed by atoms with Gasteiger partial charge in [0, 0.05) is 24.5 Å². The lowest BCUT2D eigenvalue weighted by Crippen LogP contribution is -2.45. The second-order valence-electron chi connectivity index (χ2n) is 8.57. The number of ether oxygens (including phenoxy) is 3. The Morgan fingerprint density at radius 3 is 1.37 bits per heavy atom. The summed E-state index contributed by atoms with van der Waals surface area (Å²) in [6.07, 6.45) is 3.02. The van der Waals surface area contributed by atoms with Crippen LogP contribution in [0.4, 0.5) is 22.7 Å². The number of rotatable bonds is 4. The van der Waals surface area contributed by atoms with Crippen LogP contribution in [0.15, 0.2) is 60.9 Å². The Morgan fingerprint density at radius 2 is 0.976 bits per heavy atom. The minimum absolute atomic E-state index is 0.0417. The normalized spacial score (nSPS) is 16.3. The number of aromatic nitrogens is 2. The summed E-state index contributed by atoms with van der Waals surface area (Å²) in [6.45, 7) is 1.88. The van der Waals surface area contributed by atoms with Crippen molar-refractivity contribution in [3.05, 3.63) is 81.2 Å². The van der Waals surface area contributed by atoms with Crippen LogP contribution in [0.1, 0.15) is 0 Å². The summed E-state index contributed by atoms with van der Waals surface area (Å²) in [4.78, 5) is 43.7. The summed E-state index contributed by atoms with van der Waals surface area (Å²) in [5.74, 6) is 0. The zero-order valence-electron chi connectivity index (χ0n) is 21.8. The van der Waals surface area contributed by atoms with Gasteiger partial charge in [-0.15, -0.1) is 10.3 Å². The van der Waals surface area contributed by atoms with E-state index in [-0.39, 0.29) is 59.6 Å². The molecule has 1 aliphatic heterocycles. The lowest BCUT2D eigenvalue weighted by Gasteiger charge is -2.35. The first kappa shape index (κ1) is 28.0. The highest BCUT2D eigenvalue weighted by molar-refractivity contribution is 5.99. The monoisotopic (exact) mass is 566 g/mol. The predicted octanol–water partition coefficient (Wildman–Crippen LogP) is 3.75. The fraction of sp³-hybridized carbons (Fsp3) is 0.308. The van der Waals surface area contributed by atoms with Crippen LogP contribution in [-0.2, 0) is 23.9 Å². The number of anilines is 2. The van der Waals surface area contributed by atoms with Crippen LogP contribution in [0, 0.1) is 20.2 Å². The van der Waals surface area contributed by atoms with Gasteiger partial charge in [-0.05, 0) is 36.4 Å². The molecule has 0 amide bonds. The quantitative estimate of drug-likeness (QED) is 0.259. The van der Waals surface area contributed by atoms with Crippen LogP contribution in [-0.4, -0.2) is 72.7 Å². The molecule has 1 aliphatic rings. The van der Waals surface area contributed by atoms with Gasteiger partial charge in [-0.25, -0.2) is 9.68 Å². The van der Waals surface area contributed by atoms with E-state index in [2.05, 4.69) is 9.97 Å². The highest BCUT2D eigenvalue weighted by Crippen LogP contribution is 2.37. The Kier molecular flexibility index (Phi) is 9.02. The average molecular weight is 567 g/mol. The van der Waals surface area contributed by atoms with Gasteiger partial charge in [0.15, 0.2) is 0 Å². The van der Waals surface area contributed by atoms with E-state index >= 15 is 0 Å². The SMILES string of the molecule is O=[N+]([O-])c1ccc(N2OCCOCCOCCOCCON2c2ccc([N+](=O)[O-])c3cccnc23)c2ncccc12. The Labute approximate surface area is 232 Å². The number of non-ortho nitro benzene ring substituents is 2. The van der Waals surface area contributed by atoms with Gasteiger partial charge in [0.2, 0.25) is 0 Å². The average Bonchev–Trinajstić information content (AvgIpc) is 2.99. The van der Waals surface area contributed by atoms with Crippen molar-refractivity contribution in [2.75, 3.05) is 63.2 Å². The molecule has 41 heavy (non-hydrogen) atoms. The topological polar surface area (TPSA) is 165 Å². The van der Waals surface area contributed by atoms with Crippen LogP contribution in [0.2, 0.25) is 0 Å². The fourth-order valence-electron chi connectivity index (χ4n) is 4.26. The van der Waals surface area contributed by atoms with Crippen LogP contribution in [0.5, 0.6) is 0 Å². The molecule has 0 bridgehead atoms. The molecule has 0 N–H and O–H groups in total. The Balaban J connectivity index is 1.66. The smallest absolute Gasteiger partial charge is 0.278 e. The molecular weight excluding hydrogens is 540 g/mol. The molecule has 214 valence electrons. The number of hydrogen-bond donors (Lipinski definition) is 0. The maximum atomic E-state index is 11.8. The molecule has 0 spiro atoms. The third kappa shape index (κ3) is 6.29. The number of benzene rings is 2. The minimum atomic E-state index is -0.490. The number of pyridine rings is 2. The van der Waals surface area contributed by atoms with E-state index in [1.807, 2.05) is 0 Å². The first-order valence-electron chi connectivity index (χ1n) is 12.7. The number of nitrogens with zero attached hydrogens (tertiary/aromatic N) is 6. The summed E-state index contributed by atoms with van der Waals surface area (Å²) < 4.78 is 16.7. The van der Waals surface area contributed by atoms with Crippen molar-refractivity contribution in [2.24, 2.45) is 0 Å². The standard InChI is InChI=1S/C26H26N6O9/c33-31(34)21-5-7-23(25-19(21)3-1-9-27-25)29-30(41-18-16-39-14-12-37-11-13-38-15-17-40-29)24-8-6-22(32(35)36)20-4-2-10-28-26(20)24/h1-10H,11-18H2. The van der Waals surface area contributed by atoms with Crippen LogP contribution < -0.4 is 10.3 Å². The fourth-order valence-corrected chi connectivity index (χ4v) is 4.26. The molecule has 3 heterocycles. The molecule has 1 saturated heterocycles. The molecule has 0 radical (unpaired) electrons. The molecule has 0 aliphatic carbocycles. The van der Waals surface area contributed by atoms with Crippen molar-refractivity contribution in [1.29, 1.82) is 0 Å². The summed E-state index contributed by atoms with van der Waals surface area (Å²) in [7, 11) is 0. The highest BCUT2D eigenvalue weighted by atomic mass is 16.8. The maximum absolute atomic E-state index is 11.8. The van der Waals surface area contributed by atoms with Gasteiger partial charge < -0.3 is 14.2 Å². The number of fused-ring (bicyclic) bond motifs is 2. The molecule has 0 unspecified atom stereocenters. The van der Waals surface area contributed by atoms with Crippen molar-refractivity contribution in [3.63, 3.8) is 0 Å². The van der Waals surface area contributed by atoms with E-state index in [4.69, 9.17) is 23.9 Å². The van der Waals surface area contributed by atoms with E-state index in [0.717, 1.165) is 0 Å².